The van der Waals surface area contributed by atoms with Crippen molar-refractivity contribution in [2.45, 2.75) is 13.5 Å². The van der Waals surface area contributed by atoms with Crippen LogP contribution in [0.5, 0.6) is 5.75 Å². The predicted octanol–water partition coefficient (Wildman–Crippen LogP) is 5.08. The fourth-order valence-corrected chi connectivity index (χ4v) is 2.96. The molecule has 3 rings (SSSR count). The molecular weight excluding hydrogens is 348 g/mol. The molecule has 28 heavy (non-hydrogen) atoms. The van der Waals surface area contributed by atoms with Gasteiger partial charge in [-0.25, -0.2) is 0 Å². The minimum atomic E-state index is -0.0990. The van der Waals surface area contributed by atoms with Gasteiger partial charge in [0, 0.05) is 30.4 Å². The highest BCUT2D eigenvalue weighted by molar-refractivity contribution is 5.94. The van der Waals surface area contributed by atoms with Crippen LogP contribution in [0.15, 0.2) is 79.4 Å². The molecule has 1 amide bonds. The Morgan fingerprint density at radius 1 is 1.00 bits per heavy atom. The molecule has 0 aliphatic carbocycles. The third kappa shape index (κ3) is 4.80. The smallest absolute Gasteiger partial charge is 0.221 e. The average Bonchev–Trinajstić information content (AvgIpc) is 2.73. The molecule has 0 aliphatic heterocycles. The molecule has 0 unspecified atom stereocenters. The van der Waals surface area contributed by atoms with Crippen molar-refractivity contribution in [3.8, 4) is 16.9 Å². The second-order valence-corrected chi connectivity index (χ2v) is 6.49. The van der Waals surface area contributed by atoms with E-state index in [2.05, 4.69) is 23.3 Å². The molecule has 2 N–H and O–H groups in total. The monoisotopic (exact) mass is 372 g/mol. The van der Waals surface area contributed by atoms with E-state index >= 15 is 0 Å². The first-order valence-corrected chi connectivity index (χ1v) is 9.10. The molecule has 0 heterocycles. The lowest BCUT2D eigenvalue weighted by molar-refractivity contribution is -0.114. The summed E-state index contributed by atoms with van der Waals surface area (Å²) in [6.45, 7) is 6.26. The highest BCUT2D eigenvalue weighted by Crippen LogP contribution is 2.30. The topological polar surface area (TPSA) is 50.4 Å². The van der Waals surface area contributed by atoms with Crippen LogP contribution >= 0.6 is 0 Å². The number of methoxy groups -OCH3 is 1. The molecule has 4 nitrogen and oxygen atoms in total. The van der Waals surface area contributed by atoms with Gasteiger partial charge >= 0.3 is 0 Å². The lowest BCUT2D eigenvalue weighted by atomic mass is 10.0. The Hall–Kier alpha value is -3.53. The van der Waals surface area contributed by atoms with Gasteiger partial charge in [-0.3, -0.25) is 4.79 Å². The predicted molar refractivity (Wildman–Crippen MR) is 115 cm³/mol. The summed E-state index contributed by atoms with van der Waals surface area (Å²) in [5.74, 6) is 0.694. The Labute approximate surface area is 165 Å². The molecule has 3 aromatic rings. The Morgan fingerprint density at radius 3 is 2.36 bits per heavy atom. The van der Waals surface area contributed by atoms with Crippen molar-refractivity contribution in [2.75, 3.05) is 12.4 Å². The van der Waals surface area contributed by atoms with Crippen molar-refractivity contribution in [1.82, 2.24) is 5.32 Å². The second kappa shape index (κ2) is 8.91. The lowest BCUT2D eigenvalue weighted by Crippen LogP contribution is -2.12. The molecule has 0 radical (unpaired) electrons. The van der Waals surface area contributed by atoms with E-state index in [1.807, 2.05) is 66.7 Å². The summed E-state index contributed by atoms with van der Waals surface area (Å²) in [5, 5.41) is 6.28. The minimum Gasteiger partial charge on any atom is -0.497 e. The van der Waals surface area contributed by atoms with Crippen molar-refractivity contribution >= 4 is 17.3 Å². The van der Waals surface area contributed by atoms with Crippen molar-refractivity contribution in [2.24, 2.45) is 0 Å². The van der Waals surface area contributed by atoms with Crippen LogP contribution in [0, 0.1) is 0 Å². The van der Waals surface area contributed by atoms with Crippen molar-refractivity contribution in [3.63, 3.8) is 0 Å². The van der Waals surface area contributed by atoms with Crippen molar-refractivity contribution in [1.29, 1.82) is 0 Å². The summed E-state index contributed by atoms with van der Waals surface area (Å²) in [7, 11) is 1.64. The Balaban J connectivity index is 1.84. The van der Waals surface area contributed by atoms with Crippen LogP contribution in [0.4, 0.5) is 5.69 Å². The highest BCUT2D eigenvalue weighted by Gasteiger charge is 2.09. The molecule has 0 saturated heterocycles. The summed E-state index contributed by atoms with van der Waals surface area (Å²) in [5.41, 5.74) is 5.78. The van der Waals surface area contributed by atoms with Gasteiger partial charge in [-0.05, 0) is 41.0 Å². The molecular formula is C24H24N2O2. The van der Waals surface area contributed by atoms with Crippen LogP contribution in [-0.2, 0) is 11.3 Å². The van der Waals surface area contributed by atoms with Crippen LogP contribution in [0.3, 0.4) is 0 Å². The van der Waals surface area contributed by atoms with Crippen LogP contribution in [-0.4, -0.2) is 13.0 Å². The molecule has 0 aliphatic rings. The van der Waals surface area contributed by atoms with E-state index in [9.17, 15) is 4.79 Å². The fourth-order valence-electron chi connectivity index (χ4n) is 2.96. The molecule has 0 aromatic heterocycles. The van der Waals surface area contributed by atoms with Gasteiger partial charge in [-0.15, -0.1) is 0 Å². The van der Waals surface area contributed by atoms with E-state index in [0.29, 0.717) is 6.54 Å². The largest absolute Gasteiger partial charge is 0.497 e. The van der Waals surface area contributed by atoms with Crippen LogP contribution in [0.2, 0.25) is 0 Å². The van der Waals surface area contributed by atoms with E-state index < -0.39 is 0 Å². The number of anilines is 1. The maximum absolute atomic E-state index is 11.6. The van der Waals surface area contributed by atoms with E-state index in [4.69, 9.17) is 4.74 Å². The summed E-state index contributed by atoms with van der Waals surface area (Å²) in [4.78, 5) is 11.6. The quantitative estimate of drug-likeness (QED) is 0.608. The molecule has 0 saturated carbocycles. The van der Waals surface area contributed by atoms with E-state index in [1.54, 1.807) is 7.11 Å². The highest BCUT2D eigenvalue weighted by atomic mass is 16.5. The van der Waals surface area contributed by atoms with Gasteiger partial charge < -0.3 is 15.4 Å². The van der Waals surface area contributed by atoms with Crippen molar-refractivity contribution in [3.05, 3.63) is 90.5 Å². The molecule has 0 spiro atoms. The summed E-state index contributed by atoms with van der Waals surface area (Å²) < 4.78 is 5.24. The zero-order valence-electron chi connectivity index (χ0n) is 16.2. The molecule has 3 aromatic carbocycles. The second-order valence-electron chi connectivity index (χ2n) is 6.49. The molecule has 4 heteroatoms. The van der Waals surface area contributed by atoms with Crippen LogP contribution < -0.4 is 15.4 Å². The molecule has 0 bridgehead atoms. The number of hydrogen-bond donors (Lipinski definition) is 2. The van der Waals surface area contributed by atoms with Gasteiger partial charge in [-0.2, -0.15) is 0 Å². The Bertz CT molecular complexity index is 964. The Morgan fingerprint density at radius 2 is 1.71 bits per heavy atom. The molecule has 0 atom stereocenters. The zero-order chi connectivity index (χ0) is 19.9. The number of rotatable bonds is 7. The van der Waals surface area contributed by atoms with Gasteiger partial charge in [0.15, 0.2) is 0 Å². The number of amides is 1. The number of carbonyl (C=O) groups excluding carboxylic acids is 1. The van der Waals surface area contributed by atoms with Gasteiger partial charge in [0.05, 0.1) is 7.11 Å². The van der Waals surface area contributed by atoms with Gasteiger partial charge in [0.25, 0.3) is 0 Å². The minimum absolute atomic E-state index is 0.0990. The van der Waals surface area contributed by atoms with E-state index in [0.717, 1.165) is 39.4 Å². The third-order valence-electron chi connectivity index (χ3n) is 4.42. The van der Waals surface area contributed by atoms with E-state index in [-0.39, 0.29) is 5.91 Å². The standard InChI is InChI=1S/C24H24N2O2/c1-17(20-7-5-4-6-8-20)25-16-19-9-14-24(26-18(2)27)23(15-19)21-10-12-22(28-3)13-11-21/h4-15,25H,1,16H2,2-3H3,(H,26,27). The fraction of sp³-hybridized carbons (Fsp3) is 0.125. The first-order valence-electron chi connectivity index (χ1n) is 9.10. The number of nitrogens with one attached hydrogen (secondary N) is 2. The van der Waals surface area contributed by atoms with E-state index in [1.165, 1.54) is 6.92 Å². The number of ether oxygens (including phenoxy) is 1. The van der Waals surface area contributed by atoms with Gasteiger partial charge in [0.2, 0.25) is 5.91 Å². The van der Waals surface area contributed by atoms with Crippen molar-refractivity contribution < 1.29 is 9.53 Å². The summed E-state index contributed by atoms with van der Waals surface area (Å²) in [6.07, 6.45) is 0. The first-order chi connectivity index (χ1) is 13.6. The van der Waals surface area contributed by atoms with Gasteiger partial charge in [-0.1, -0.05) is 55.1 Å². The van der Waals surface area contributed by atoms with Crippen LogP contribution in [0.1, 0.15) is 18.1 Å². The molecule has 0 fully saturated rings. The summed E-state index contributed by atoms with van der Waals surface area (Å²) >= 11 is 0. The Kier molecular flexibility index (Phi) is 6.12. The van der Waals surface area contributed by atoms with Crippen LogP contribution in [0.25, 0.3) is 16.8 Å². The SMILES string of the molecule is C=C(NCc1ccc(NC(C)=O)c(-c2ccc(OC)cc2)c1)c1ccccc1. The van der Waals surface area contributed by atoms with Gasteiger partial charge in [0.1, 0.15) is 5.75 Å². The number of hydrogen-bond acceptors (Lipinski definition) is 3. The zero-order valence-corrected chi connectivity index (χ0v) is 16.2. The number of benzene rings is 3. The maximum atomic E-state index is 11.6. The normalized spacial score (nSPS) is 10.2. The summed E-state index contributed by atoms with van der Waals surface area (Å²) in [6, 6.07) is 23.8. The number of carbonyl (C=O) groups is 1. The lowest BCUT2D eigenvalue weighted by Gasteiger charge is -2.15. The first kappa shape index (κ1) is 19.2. The average molecular weight is 372 g/mol. The molecule has 142 valence electrons. The third-order valence-corrected chi connectivity index (χ3v) is 4.42. The maximum Gasteiger partial charge on any atom is 0.221 e.